The van der Waals surface area contributed by atoms with E-state index in [1.807, 2.05) is 12.3 Å². The second-order valence-corrected chi connectivity index (χ2v) is 11.3. The molecule has 0 saturated heterocycles. The van der Waals surface area contributed by atoms with Crippen LogP contribution in [0.5, 0.6) is 5.75 Å². The number of hydrogen-bond donors (Lipinski definition) is 1. The molecule has 4 heteroatoms. The summed E-state index contributed by atoms with van der Waals surface area (Å²) >= 11 is 0. The summed E-state index contributed by atoms with van der Waals surface area (Å²) in [6, 6.07) is 15.0. The maximum atomic E-state index is 6.87. The first-order valence-corrected chi connectivity index (χ1v) is 14.3. The molecule has 1 N–H and O–H groups in total. The zero-order chi connectivity index (χ0) is 25.8. The summed E-state index contributed by atoms with van der Waals surface area (Å²) in [6.45, 7) is 0.886. The highest BCUT2D eigenvalue weighted by molar-refractivity contribution is 5.59. The molecule has 1 aromatic carbocycles. The number of pyridine rings is 1. The molecular formula is C35H32N2O2. The number of nitrogens with one attached hydrogen (secondary N) is 1. The Hall–Kier alpha value is -4.05. The number of hydrogen-bond acceptors (Lipinski definition) is 4. The minimum absolute atomic E-state index is 0.0643. The van der Waals surface area contributed by atoms with Crippen LogP contribution in [0, 0.1) is 11.8 Å². The van der Waals surface area contributed by atoms with E-state index in [-0.39, 0.29) is 29.3 Å². The summed E-state index contributed by atoms with van der Waals surface area (Å²) in [4.78, 5) is 4.69. The lowest BCUT2D eigenvalue weighted by atomic mass is 9.50. The van der Waals surface area contributed by atoms with Crippen molar-refractivity contribution in [2.45, 2.75) is 43.1 Å². The van der Waals surface area contributed by atoms with Gasteiger partial charge in [-0.25, -0.2) is 0 Å². The van der Waals surface area contributed by atoms with Crippen LogP contribution in [0.3, 0.4) is 0 Å². The standard InChI is InChI=1S/C35H32N2O2/c1-3-12-31-26(9-1)35(28-16-14-23(20-33(28)38-31)25-8-7-18-36-22-25)27-10-2-4-13-32(27)39-34-21-24(15-17-29(34)35)30-11-5-6-19-37-30/h1-8,10-13,15,17,19-20,22,24,26,29,34,36H,9,14,16,18,21H2. The molecular weight excluding hydrogens is 480 g/mol. The molecule has 4 nitrogen and oxygen atoms in total. The van der Waals surface area contributed by atoms with Crippen LogP contribution >= 0.6 is 0 Å². The SMILES string of the molecule is C1=CCC2C(=C1)OC1=C(CCC(C3=CNCC=C3)=C1)C21c2ccccc2OC2CC(c3ccccn3)C=CC21. The first-order chi connectivity index (χ1) is 19.3. The van der Waals surface area contributed by atoms with Crippen LogP contribution in [0.25, 0.3) is 0 Å². The second-order valence-electron chi connectivity index (χ2n) is 11.3. The van der Waals surface area contributed by atoms with E-state index >= 15 is 0 Å². The summed E-state index contributed by atoms with van der Waals surface area (Å²) in [7, 11) is 0. The highest BCUT2D eigenvalue weighted by Crippen LogP contribution is 2.63. The molecule has 5 unspecified atom stereocenters. The average molecular weight is 513 g/mol. The molecule has 0 fully saturated rings. The van der Waals surface area contributed by atoms with Crippen molar-refractivity contribution in [1.29, 1.82) is 0 Å². The predicted octanol–water partition coefficient (Wildman–Crippen LogP) is 6.95. The Kier molecular flexibility index (Phi) is 5.29. The van der Waals surface area contributed by atoms with Crippen LogP contribution in [-0.2, 0) is 10.2 Å². The van der Waals surface area contributed by atoms with Gasteiger partial charge in [-0.3, -0.25) is 4.98 Å². The summed E-state index contributed by atoms with van der Waals surface area (Å²) < 4.78 is 13.7. The largest absolute Gasteiger partial charge is 0.489 e. The van der Waals surface area contributed by atoms with Gasteiger partial charge in [0, 0.05) is 53.4 Å². The van der Waals surface area contributed by atoms with Crippen molar-refractivity contribution in [1.82, 2.24) is 10.3 Å². The lowest BCUT2D eigenvalue weighted by Crippen LogP contribution is -2.56. The summed E-state index contributed by atoms with van der Waals surface area (Å²) in [5.74, 6) is 3.83. The number of benzene rings is 1. The zero-order valence-electron chi connectivity index (χ0n) is 21.9. The average Bonchev–Trinajstić information content (AvgIpc) is 3.01. The van der Waals surface area contributed by atoms with Crippen molar-refractivity contribution in [2.24, 2.45) is 11.8 Å². The van der Waals surface area contributed by atoms with Crippen LogP contribution in [0.1, 0.15) is 42.9 Å². The number of ether oxygens (including phenoxy) is 2. The molecule has 0 saturated carbocycles. The zero-order valence-corrected chi connectivity index (χ0v) is 21.9. The van der Waals surface area contributed by atoms with Crippen LogP contribution < -0.4 is 10.1 Å². The molecule has 0 radical (unpaired) electrons. The van der Waals surface area contributed by atoms with Gasteiger partial charge in [0.1, 0.15) is 23.4 Å². The van der Waals surface area contributed by atoms with Crippen LogP contribution in [-0.4, -0.2) is 17.6 Å². The molecule has 1 spiro atoms. The van der Waals surface area contributed by atoms with E-state index in [2.05, 4.69) is 96.5 Å². The number of fused-ring (bicyclic) bond motifs is 7. The normalized spacial score (nSPS) is 31.8. The smallest absolute Gasteiger partial charge is 0.127 e. The van der Waals surface area contributed by atoms with E-state index in [4.69, 9.17) is 14.5 Å². The fourth-order valence-electron chi connectivity index (χ4n) is 7.83. The first-order valence-electron chi connectivity index (χ1n) is 14.3. The molecule has 0 amide bonds. The van der Waals surface area contributed by atoms with E-state index in [1.165, 1.54) is 22.3 Å². The Bertz CT molecular complexity index is 1540. The lowest BCUT2D eigenvalue weighted by molar-refractivity contribution is 0.0275. The third-order valence-electron chi connectivity index (χ3n) is 9.44. The number of aromatic nitrogens is 1. The highest BCUT2D eigenvalue weighted by Gasteiger charge is 2.60. The Labute approximate surface area is 229 Å². The van der Waals surface area contributed by atoms with Gasteiger partial charge >= 0.3 is 0 Å². The molecule has 6 aliphatic rings. The minimum Gasteiger partial charge on any atom is -0.489 e. The second kappa shape index (κ2) is 9.01. The Balaban J connectivity index is 1.33. The van der Waals surface area contributed by atoms with Crippen LogP contribution in [0.4, 0.5) is 0 Å². The molecule has 5 atom stereocenters. The molecule has 0 bridgehead atoms. The van der Waals surface area contributed by atoms with E-state index in [0.717, 1.165) is 55.2 Å². The first kappa shape index (κ1) is 22.9. The molecule has 39 heavy (non-hydrogen) atoms. The maximum Gasteiger partial charge on any atom is 0.127 e. The summed E-state index contributed by atoms with van der Waals surface area (Å²) in [5, 5.41) is 3.38. The van der Waals surface area contributed by atoms with Gasteiger partial charge in [-0.05, 0) is 72.8 Å². The monoisotopic (exact) mass is 512 g/mol. The van der Waals surface area contributed by atoms with E-state index in [0.29, 0.717) is 0 Å². The fourth-order valence-corrected chi connectivity index (χ4v) is 7.83. The third kappa shape index (κ3) is 3.47. The Morgan fingerprint density at radius 1 is 1.00 bits per heavy atom. The van der Waals surface area contributed by atoms with Gasteiger partial charge in [-0.15, -0.1) is 0 Å². The third-order valence-corrected chi connectivity index (χ3v) is 9.44. The molecule has 8 rings (SSSR count). The van der Waals surface area contributed by atoms with E-state index in [1.54, 1.807) is 0 Å². The fraction of sp³-hybridized carbons (Fsp3) is 0.286. The number of rotatable bonds is 2. The van der Waals surface area contributed by atoms with Gasteiger partial charge in [0.2, 0.25) is 0 Å². The predicted molar refractivity (Wildman–Crippen MR) is 153 cm³/mol. The molecule has 3 aliphatic carbocycles. The van der Waals surface area contributed by atoms with E-state index < -0.39 is 0 Å². The summed E-state index contributed by atoms with van der Waals surface area (Å²) in [6.07, 6.45) is 26.2. The lowest BCUT2D eigenvalue weighted by Gasteiger charge is -2.57. The van der Waals surface area contributed by atoms with Crippen molar-refractivity contribution in [3.8, 4) is 5.75 Å². The van der Waals surface area contributed by atoms with Gasteiger partial charge in [0.05, 0.1) is 0 Å². The van der Waals surface area contributed by atoms with Gasteiger partial charge in [0.15, 0.2) is 0 Å². The Morgan fingerprint density at radius 3 is 2.85 bits per heavy atom. The van der Waals surface area contributed by atoms with Crippen molar-refractivity contribution in [3.05, 3.63) is 143 Å². The molecule has 194 valence electrons. The van der Waals surface area contributed by atoms with Gasteiger partial charge in [-0.1, -0.05) is 60.7 Å². The quantitative estimate of drug-likeness (QED) is 0.442. The number of allylic oxidation sites excluding steroid dienone is 10. The molecule has 3 aliphatic heterocycles. The van der Waals surface area contributed by atoms with Crippen LogP contribution in [0.15, 0.2) is 132 Å². The molecule has 4 heterocycles. The summed E-state index contributed by atoms with van der Waals surface area (Å²) in [5.41, 5.74) is 6.24. The van der Waals surface area contributed by atoms with Crippen molar-refractivity contribution < 1.29 is 9.47 Å². The minimum atomic E-state index is -0.216. The van der Waals surface area contributed by atoms with Crippen molar-refractivity contribution in [3.63, 3.8) is 0 Å². The van der Waals surface area contributed by atoms with Gasteiger partial charge in [0.25, 0.3) is 0 Å². The van der Waals surface area contributed by atoms with E-state index in [9.17, 15) is 0 Å². The number of dihydropyridines is 1. The Morgan fingerprint density at radius 2 is 1.95 bits per heavy atom. The van der Waals surface area contributed by atoms with Crippen molar-refractivity contribution in [2.75, 3.05) is 6.54 Å². The topological polar surface area (TPSA) is 43.4 Å². The van der Waals surface area contributed by atoms with Gasteiger partial charge in [-0.2, -0.15) is 0 Å². The van der Waals surface area contributed by atoms with Crippen LogP contribution in [0.2, 0.25) is 0 Å². The van der Waals surface area contributed by atoms with Crippen molar-refractivity contribution >= 4 is 0 Å². The highest BCUT2D eigenvalue weighted by atomic mass is 16.5. The number of nitrogens with zero attached hydrogens (tertiary/aromatic N) is 1. The number of para-hydroxylation sites is 1. The van der Waals surface area contributed by atoms with Gasteiger partial charge < -0.3 is 14.8 Å². The maximum absolute atomic E-state index is 6.87. The molecule has 1 aromatic heterocycles. The molecule has 2 aromatic rings.